The van der Waals surface area contributed by atoms with E-state index in [1.807, 2.05) is 12.1 Å². The highest BCUT2D eigenvalue weighted by Gasteiger charge is 2.19. The van der Waals surface area contributed by atoms with Crippen molar-refractivity contribution in [2.45, 2.75) is 32.6 Å². The molecule has 1 fully saturated rings. The zero-order chi connectivity index (χ0) is 12.3. The molecule has 17 heavy (non-hydrogen) atoms. The molecular weight excluding hydrogens is 228 g/mol. The molecule has 0 saturated heterocycles. The summed E-state index contributed by atoms with van der Waals surface area (Å²) in [5.41, 5.74) is 8.98. The first-order valence-corrected chi connectivity index (χ1v) is 6.72. The summed E-state index contributed by atoms with van der Waals surface area (Å²) in [6.45, 7) is 3.09. The topological polar surface area (TPSA) is 38.0 Å². The molecule has 3 heteroatoms. The van der Waals surface area contributed by atoms with Gasteiger partial charge in [-0.05, 0) is 43.4 Å². The van der Waals surface area contributed by atoms with Crippen LogP contribution in [0.3, 0.4) is 0 Å². The zero-order valence-corrected chi connectivity index (χ0v) is 11.1. The lowest BCUT2D eigenvalue weighted by atomic mass is 10.1. The van der Waals surface area contributed by atoms with Gasteiger partial charge in [-0.1, -0.05) is 31.1 Å². The number of anilines is 1. The Morgan fingerprint density at radius 3 is 2.88 bits per heavy atom. The number of aryl methyl sites for hydroxylation is 1. The van der Waals surface area contributed by atoms with E-state index in [4.69, 9.17) is 18.0 Å². The number of benzene rings is 1. The second-order valence-electron chi connectivity index (χ2n) is 4.93. The van der Waals surface area contributed by atoms with Gasteiger partial charge in [-0.3, -0.25) is 0 Å². The number of nitrogens with one attached hydrogen (secondary N) is 1. The summed E-state index contributed by atoms with van der Waals surface area (Å²) in [5.74, 6) is 1.00. The summed E-state index contributed by atoms with van der Waals surface area (Å²) in [7, 11) is 0. The predicted molar refractivity (Wildman–Crippen MR) is 77.5 cm³/mol. The maximum Gasteiger partial charge on any atom is 0.106 e. The Balaban J connectivity index is 1.92. The van der Waals surface area contributed by atoms with Gasteiger partial charge < -0.3 is 11.1 Å². The van der Waals surface area contributed by atoms with Crippen molar-refractivity contribution in [1.82, 2.24) is 0 Å². The van der Waals surface area contributed by atoms with Crippen LogP contribution in [-0.4, -0.2) is 11.5 Å². The molecule has 0 unspecified atom stereocenters. The van der Waals surface area contributed by atoms with Gasteiger partial charge in [-0.2, -0.15) is 0 Å². The lowest BCUT2D eigenvalue weighted by molar-refractivity contribution is 0.687. The van der Waals surface area contributed by atoms with Gasteiger partial charge >= 0.3 is 0 Å². The van der Waals surface area contributed by atoms with E-state index in [2.05, 4.69) is 18.3 Å². The fourth-order valence-corrected chi connectivity index (χ4v) is 2.22. The third-order valence-corrected chi connectivity index (χ3v) is 3.46. The molecule has 2 nitrogen and oxygen atoms in total. The normalized spacial score (nSPS) is 14.6. The molecule has 92 valence electrons. The Kier molecular flexibility index (Phi) is 4.00. The molecule has 1 aliphatic carbocycles. The Morgan fingerprint density at radius 2 is 2.24 bits per heavy atom. The molecule has 0 radical (unpaired) electrons. The fourth-order valence-electron chi connectivity index (χ4n) is 2.04. The maximum absolute atomic E-state index is 5.72. The Labute approximate surface area is 109 Å². The summed E-state index contributed by atoms with van der Waals surface area (Å²) in [5, 5.41) is 3.45. The predicted octanol–water partition coefficient (Wildman–Crippen LogP) is 3.23. The van der Waals surface area contributed by atoms with Crippen LogP contribution >= 0.6 is 12.2 Å². The van der Waals surface area contributed by atoms with Crippen LogP contribution in [0, 0.1) is 12.8 Å². The van der Waals surface area contributed by atoms with E-state index in [-0.39, 0.29) is 0 Å². The van der Waals surface area contributed by atoms with Crippen LogP contribution < -0.4 is 11.1 Å². The summed E-state index contributed by atoms with van der Waals surface area (Å²) in [6.07, 6.45) is 5.45. The van der Waals surface area contributed by atoms with E-state index in [1.165, 1.54) is 31.2 Å². The van der Waals surface area contributed by atoms with Crippen molar-refractivity contribution < 1.29 is 0 Å². The number of thiocarbonyl (C=S) groups is 1. The average Bonchev–Trinajstić information content (AvgIpc) is 3.08. The van der Waals surface area contributed by atoms with Crippen molar-refractivity contribution in [1.29, 1.82) is 0 Å². The van der Waals surface area contributed by atoms with Gasteiger partial charge in [-0.15, -0.1) is 0 Å². The van der Waals surface area contributed by atoms with Crippen LogP contribution in [0.25, 0.3) is 0 Å². The lowest BCUT2D eigenvalue weighted by Crippen LogP contribution is -2.14. The quantitative estimate of drug-likeness (QED) is 0.599. The molecule has 1 aliphatic rings. The van der Waals surface area contributed by atoms with E-state index >= 15 is 0 Å². The zero-order valence-electron chi connectivity index (χ0n) is 10.3. The third kappa shape index (κ3) is 3.70. The molecule has 0 aliphatic heterocycles. The molecule has 0 bridgehead atoms. The molecule has 0 heterocycles. The number of nitrogens with two attached hydrogens (primary N) is 1. The van der Waals surface area contributed by atoms with Crippen molar-refractivity contribution in [3.8, 4) is 0 Å². The summed E-state index contributed by atoms with van der Waals surface area (Å²) in [6, 6.07) is 6.16. The number of rotatable bonds is 6. The largest absolute Gasteiger partial charge is 0.389 e. The first kappa shape index (κ1) is 12.4. The van der Waals surface area contributed by atoms with Gasteiger partial charge in [0.15, 0.2) is 0 Å². The molecular formula is C14H20N2S. The SMILES string of the molecule is Cc1ccc(C(N)=S)c(NCCCC2CC2)c1. The van der Waals surface area contributed by atoms with Crippen LogP contribution in [0.5, 0.6) is 0 Å². The second-order valence-corrected chi connectivity index (χ2v) is 5.37. The Hall–Kier alpha value is -1.09. The van der Waals surface area contributed by atoms with Gasteiger partial charge in [0, 0.05) is 17.8 Å². The molecule has 1 saturated carbocycles. The van der Waals surface area contributed by atoms with Crippen LogP contribution in [0.1, 0.15) is 36.8 Å². The maximum atomic E-state index is 5.72. The minimum Gasteiger partial charge on any atom is -0.389 e. The van der Waals surface area contributed by atoms with E-state index in [0.717, 1.165) is 23.7 Å². The highest BCUT2D eigenvalue weighted by molar-refractivity contribution is 7.80. The minimum atomic E-state index is 0.467. The second kappa shape index (κ2) is 5.50. The third-order valence-electron chi connectivity index (χ3n) is 3.24. The molecule has 0 amide bonds. The molecule has 1 aromatic rings. The highest BCUT2D eigenvalue weighted by Crippen LogP contribution is 2.33. The van der Waals surface area contributed by atoms with Crippen LogP contribution in [0.15, 0.2) is 18.2 Å². The van der Waals surface area contributed by atoms with Crippen LogP contribution in [0.2, 0.25) is 0 Å². The van der Waals surface area contributed by atoms with Crippen molar-refractivity contribution in [3.05, 3.63) is 29.3 Å². The first-order chi connectivity index (χ1) is 8.16. The average molecular weight is 248 g/mol. The molecule has 1 aromatic carbocycles. The van der Waals surface area contributed by atoms with E-state index < -0.39 is 0 Å². The van der Waals surface area contributed by atoms with E-state index in [0.29, 0.717) is 4.99 Å². The number of hydrogen-bond donors (Lipinski definition) is 2. The van der Waals surface area contributed by atoms with Gasteiger partial charge in [0.2, 0.25) is 0 Å². The molecule has 2 rings (SSSR count). The van der Waals surface area contributed by atoms with Crippen LogP contribution in [0.4, 0.5) is 5.69 Å². The summed E-state index contributed by atoms with van der Waals surface area (Å²) in [4.78, 5) is 0.467. The number of hydrogen-bond acceptors (Lipinski definition) is 2. The Bertz CT molecular complexity index is 411. The van der Waals surface area contributed by atoms with Gasteiger partial charge in [-0.25, -0.2) is 0 Å². The summed E-state index contributed by atoms with van der Waals surface area (Å²) >= 11 is 5.06. The summed E-state index contributed by atoms with van der Waals surface area (Å²) < 4.78 is 0. The minimum absolute atomic E-state index is 0.467. The molecule has 0 aromatic heterocycles. The molecule has 3 N–H and O–H groups in total. The standard InChI is InChI=1S/C14H20N2S/c1-10-4-7-12(14(15)17)13(9-10)16-8-2-3-11-5-6-11/h4,7,9,11,16H,2-3,5-6,8H2,1H3,(H2,15,17). The first-order valence-electron chi connectivity index (χ1n) is 6.31. The van der Waals surface area contributed by atoms with Crippen molar-refractivity contribution in [2.75, 3.05) is 11.9 Å². The van der Waals surface area contributed by atoms with Crippen LogP contribution in [-0.2, 0) is 0 Å². The monoisotopic (exact) mass is 248 g/mol. The van der Waals surface area contributed by atoms with Gasteiger partial charge in [0.05, 0.1) is 0 Å². The molecule has 0 atom stereocenters. The highest BCUT2D eigenvalue weighted by atomic mass is 32.1. The Morgan fingerprint density at radius 1 is 1.47 bits per heavy atom. The fraction of sp³-hybridized carbons (Fsp3) is 0.500. The smallest absolute Gasteiger partial charge is 0.106 e. The lowest BCUT2D eigenvalue weighted by Gasteiger charge is -2.12. The van der Waals surface area contributed by atoms with Gasteiger partial charge in [0.1, 0.15) is 4.99 Å². The van der Waals surface area contributed by atoms with Crippen molar-refractivity contribution in [3.63, 3.8) is 0 Å². The van der Waals surface area contributed by atoms with E-state index in [9.17, 15) is 0 Å². The van der Waals surface area contributed by atoms with E-state index in [1.54, 1.807) is 0 Å². The van der Waals surface area contributed by atoms with Crippen molar-refractivity contribution in [2.24, 2.45) is 11.7 Å². The molecule has 0 spiro atoms. The van der Waals surface area contributed by atoms with Gasteiger partial charge in [0.25, 0.3) is 0 Å². The van der Waals surface area contributed by atoms with Crippen molar-refractivity contribution >= 4 is 22.9 Å².